The van der Waals surface area contributed by atoms with Crippen molar-refractivity contribution in [2.24, 2.45) is 7.05 Å². The van der Waals surface area contributed by atoms with E-state index >= 15 is 0 Å². The number of nitriles is 1. The van der Waals surface area contributed by atoms with Crippen LogP contribution in [0.3, 0.4) is 0 Å². The van der Waals surface area contributed by atoms with Gasteiger partial charge in [0.05, 0.1) is 11.6 Å². The molecule has 0 saturated heterocycles. The molecule has 1 N–H and O–H groups in total. The van der Waals surface area contributed by atoms with E-state index in [4.69, 9.17) is 14.7 Å². The summed E-state index contributed by atoms with van der Waals surface area (Å²) in [5.41, 5.74) is -2.00. The molecule has 1 aromatic heterocycles. The highest BCUT2D eigenvalue weighted by atomic mass is 19.1. The fourth-order valence-electron chi connectivity index (χ4n) is 2.71. The molecule has 7 nitrogen and oxygen atoms in total. The largest absolute Gasteiger partial charge is 0.478 e. The third-order valence-electron chi connectivity index (χ3n) is 4.22. The van der Waals surface area contributed by atoms with E-state index in [0.717, 1.165) is 4.68 Å². The van der Waals surface area contributed by atoms with Crippen molar-refractivity contribution in [2.45, 2.75) is 17.8 Å². The first kappa shape index (κ1) is 17.8. The maximum absolute atomic E-state index is 13.6. The number of hydrogen-bond acceptors (Lipinski definition) is 6. The fourth-order valence-corrected chi connectivity index (χ4v) is 2.71. The van der Waals surface area contributed by atoms with Crippen LogP contribution >= 0.6 is 0 Å². The standard InChI is InChI=1S/C17H15F2N3O4/c1-22-14(23)5-4-13(21-22)25-15-11-6-10(7-20)2-3-12(11)26-17(8-18,9-19)16(15)24/h2-6,15-16,24H,8-9H2,1H3. The summed E-state index contributed by atoms with van der Waals surface area (Å²) in [4.78, 5) is 11.4. The van der Waals surface area contributed by atoms with Gasteiger partial charge in [-0.3, -0.25) is 4.79 Å². The third-order valence-corrected chi connectivity index (χ3v) is 4.22. The highest BCUT2D eigenvalue weighted by Crippen LogP contribution is 2.42. The molecule has 0 amide bonds. The number of hydrogen-bond donors (Lipinski definition) is 1. The van der Waals surface area contributed by atoms with Crippen molar-refractivity contribution in [3.8, 4) is 17.7 Å². The number of rotatable bonds is 4. The number of ether oxygens (including phenoxy) is 2. The molecule has 1 aliphatic rings. The monoisotopic (exact) mass is 363 g/mol. The maximum atomic E-state index is 13.6. The minimum atomic E-state index is -2.13. The Morgan fingerprint density at radius 3 is 2.73 bits per heavy atom. The molecule has 1 aromatic carbocycles. The SMILES string of the molecule is Cn1nc(OC2c3cc(C#N)ccc3OC(CF)(CF)C2O)ccc1=O. The van der Waals surface area contributed by atoms with Gasteiger partial charge in [-0.05, 0) is 18.2 Å². The van der Waals surface area contributed by atoms with E-state index in [1.807, 2.05) is 6.07 Å². The van der Waals surface area contributed by atoms with Crippen LogP contribution in [0.4, 0.5) is 8.78 Å². The second kappa shape index (κ2) is 6.72. The number of alkyl halides is 2. The van der Waals surface area contributed by atoms with Gasteiger partial charge in [0.25, 0.3) is 5.56 Å². The molecule has 0 aliphatic carbocycles. The van der Waals surface area contributed by atoms with Crippen LogP contribution in [0, 0.1) is 11.3 Å². The molecule has 0 saturated carbocycles. The van der Waals surface area contributed by atoms with Crippen molar-refractivity contribution in [3.63, 3.8) is 0 Å². The van der Waals surface area contributed by atoms with Crippen molar-refractivity contribution in [1.82, 2.24) is 9.78 Å². The maximum Gasteiger partial charge on any atom is 0.266 e. The van der Waals surface area contributed by atoms with E-state index in [1.165, 1.54) is 37.4 Å². The summed E-state index contributed by atoms with van der Waals surface area (Å²) in [6.07, 6.45) is -2.96. The molecule has 0 radical (unpaired) electrons. The van der Waals surface area contributed by atoms with Gasteiger partial charge in [-0.2, -0.15) is 5.26 Å². The molecule has 136 valence electrons. The van der Waals surface area contributed by atoms with Gasteiger partial charge in [0.2, 0.25) is 5.88 Å². The molecule has 9 heteroatoms. The molecular formula is C17H15F2N3O4. The number of aliphatic hydroxyl groups is 1. The van der Waals surface area contributed by atoms with Crippen molar-refractivity contribution >= 4 is 0 Å². The van der Waals surface area contributed by atoms with Crippen LogP contribution < -0.4 is 15.0 Å². The molecule has 2 unspecified atom stereocenters. The zero-order valence-electron chi connectivity index (χ0n) is 13.7. The number of halogens is 2. The zero-order valence-corrected chi connectivity index (χ0v) is 13.7. The van der Waals surface area contributed by atoms with Gasteiger partial charge in [0, 0.05) is 24.7 Å². The molecule has 2 heterocycles. The number of benzene rings is 1. The van der Waals surface area contributed by atoms with E-state index in [1.54, 1.807) is 0 Å². The normalized spacial score (nSPS) is 20.6. The summed E-state index contributed by atoms with van der Waals surface area (Å²) in [5.74, 6) is 0.0670. The van der Waals surface area contributed by atoms with Gasteiger partial charge in [0.15, 0.2) is 11.7 Å². The Bertz CT molecular complexity index is 921. The molecule has 0 bridgehead atoms. The van der Waals surface area contributed by atoms with Gasteiger partial charge >= 0.3 is 0 Å². The van der Waals surface area contributed by atoms with Crippen molar-refractivity contribution in [2.75, 3.05) is 13.3 Å². The number of aliphatic hydroxyl groups excluding tert-OH is 1. The van der Waals surface area contributed by atoms with Crippen LogP contribution in [0.15, 0.2) is 35.1 Å². The zero-order chi connectivity index (χ0) is 18.9. The predicted octanol–water partition coefficient (Wildman–Crippen LogP) is 1.20. The summed E-state index contributed by atoms with van der Waals surface area (Å²) < 4.78 is 39.2. The van der Waals surface area contributed by atoms with Gasteiger partial charge < -0.3 is 14.6 Å². The topological polar surface area (TPSA) is 97.4 Å². The Labute approximate surface area is 147 Å². The van der Waals surface area contributed by atoms with E-state index in [-0.39, 0.29) is 28.3 Å². The molecule has 2 atom stereocenters. The third kappa shape index (κ3) is 2.88. The molecule has 3 rings (SSSR count). The van der Waals surface area contributed by atoms with Gasteiger partial charge in [-0.25, -0.2) is 13.5 Å². The van der Waals surface area contributed by atoms with Crippen LogP contribution in [-0.2, 0) is 7.05 Å². The molecule has 2 aromatic rings. The number of aromatic nitrogens is 2. The van der Waals surface area contributed by atoms with E-state index in [2.05, 4.69) is 5.10 Å². The fraction of sp³-hybridized carbons (Fsp3) is 0.353. The van der Waals surface area contributed by atoms with Crippen molar-refractivity contribution in [3.05, 3.63) is 51.8 Å². The minimum Gasteiger partial charge on any atom is -0.478 e. The van der Waals surface area contributed by atoms with Crippen LogP contribution in [-0.4, -0.2) is 39.9 Å². The average molecular weight is 363 g/mol. The second-order valence-electron chi connectivity index (χ2n) is 5.92. The Balaban J connectivity index is 2.09. The first-order valence-corrected chi connectivity index (χ1v) is 7.68. The molecular weight excluding hydrogens is 348 g/mol. The summed E-state index contributed by atoms with van der Waals surface area (Å²) in [6.45, 7) is -2.57. The van der Waals surface area contributed by atoms with Crippen LogP contribution in [0.5, 0.6) is 11.6 Å². The first-order chi connectivity index (χ1) is 12.4. The van der Waals surface area contributed by atoms with E-state index in [0.29, 0.717) is 0 Å². The molecule has 26 heavy (non-hydrogen) atoms. The predicted molar refractivity (Wildman–Crippen MR) is 85.3 cm³/mol. The number of fused-ring (bicyclic) bond motifs is 1. The number of aryl methyl sites for hydroxylation is 1. The Hall–Kier alpha value is -2.99. The lowest BCUT2D eigenvalue weighted by atomic mass is 9.86. The van der Waals surface area contributed by atoms with Gasteiger partial charge in [-0.15, -0.1) is 5.10 Å². The summed E-state index contributed by atoms with van der Waals surface area (Å²) in [7, 11) is 1.41. The molecule has 1 aliphatic heterocycles. The van der Waals surface area contributed by atoms with Crippen molar-refractivity contribution < 1.29 is 23.4 Å². The summed E-state index contributed by atoms with van der Waals surface area (Å²) in [5, 5.41) is 23.5. The summed E-state index contributed by atoms with van der Waals surface area (Å²) >= 11 is 0. The van der Waals surface area contributed by atoms with Gasteiger partial charge in [0.1, 0.15) is 25.2 Å². The van der Waals surface area contributed by atoms with E-state index < -0.39 is 31.2 Å². The lowest BCUT2D eigenvalue weighted by Gasteiger charge is -2.42. The average Bonchev–Trinajstić information content (AvgIpc) is 2.66. The van der Waals surface area contributed by atoms with Crippen LogP contribution in [0.25, 0.3) is 0 Å². The Morgan fingerprint density at radius 2 is 2.12 bits per heavy atom. The highest BCUT2D eigenvalue weighted by Gasteiger charge is 2.51. The Kier molecular flexibility index (Phi) is 4.61. The quantitative estimate of drug-likeness (QED) is 0.877. The first-order valence-electron chi connectivity index (χ1n) is 7.68. The highest BCUT2D eigenvalue weighted by molar-refractivity contribution is 5.46. The molecule has 0 spiro atoms. The van der Waals surface area contributed by atoms with Gasteiger partial charge in [-0.1, -0.05) is 0 Å². The smallest absolute Gasteiger partial charge is 0.266 e. The second-order valence-corrected chi connectivity index (χ2v) is 5.92. The van der Waals surface area contributed by atoms with Crippen LogP contribution in [0.1, 0.15) is 17.2 Å². The number of nitrogens with zero attached hydrogens (tertiary/aromatic N) is 3. The lowest BCUT2D eigenvalue weighted by molar-refractivity contribution is -0.139. The molecule has 0 fully saturated rings. The van der Waals surface area contributed by atoms with Crippen molar-refractivity contribution in [1.29, 1.82) is 5.26 Å². The van der Waals surface area contributed by atoms with E-state index in [9.17, 15) is 18.7 Å². The summed E-state index contributed by atoms with van der Waals surface area (Å²) in [6, 6.07) is 8.66. The van der Waals surface area contributed by atoms with Crippen LogP contribution in [0.2, 0.25) is 0 Å². The minimum absolute atomic E-state index is 0.0297. The Morgan fingerprint density at radius 1 is 1.38 bits per heavy atom. The lowest BCUT2D eigenvalue weighted by Crippen LogP contribution is -2.57.